The summed E-state index contributed by atoms with van der Waals surface area (Å²) in [6.07, 6.45) is 2.27. The fraction of sp³-hybridized carbons (Fsp3) is 0.130. The highest BCUT2D eigenvalue weighted by atomic mass is 16.6. The van der Waals surface area contributed by atoms with Crippen LogP contribution in [0.4, 0.5) is 45.5 Å². The molecule has 4 aliphatic rings. The smallest absolute Gasteiger partial charge is 0.333 e. The van der Waals surface area contributed by atoms with Gasteiger partial charge in [-0.3, -0.25) is 0 Å². The monoisotopic (exact) mass is 969 g/mol. The fourth-order valence-corrected chi connectivity index (χ4v) is 12.4. The van der Waals surface area contributed by atoms with Crippen LogP contribution in [-0.4, -0.2) is 6.85 Å². The Hall–Kier alpha value is -8.74. The van der Waals surface area contributed by atoms with E-state index in [0.717, 1.165) is 69.3 Å². The second-order valence-electron chi connectivity index (χ2n) is 22.0. The lowest BCUT2D eigenvalue weighted by atomic mass is 9.43. The van der Waals surface area contributed by atoms with E-state index < -0.39 is 0 Å². The number of para-hydroxylation sites is 4. The van der Waals surface area contributed by atoms with Gasteiger partial charge >= 0.3 is 6.85 Å². The highest BCUT2D eigenvalue weighted by molar-refractivity contribution is 6.93. The molecule has 0 N–H and O–H groups in total. The zero-order valence-electron chi connectivity index (χ0n) is 43.0. The van der Waals surface area contributed by atoms with Crippen LogP contribution < -0.4 is 35.0 Å². The molecule has 0 bridgehead atoms. The lowest BCUT2D eigenvalue weighted by molar-refractivity contribution is 0.332. The first-order chi connectivity index (χ1) is 36.6. The van der Waals surface area contributed by atoms with Crippen molar-refractivity contribution >= 4 is 63.3 Å². The van der Waals surface area contributed by atoms with Crippen LogP contribution in [0.1, 0.15) is 57.2 Å². The van der Waals surface area contributed by atoms with Crippen LogP contribution in [0, 0.1) is 6.92 Å². The number of aryl methyl sites for hydroxylation is 1. The van der Waals surface area contributed by atoms with E-state index >= 15 is 0 Å². The molecule has 75 heavy (non-hydrogen) atoms. The Morgan fingerprint density at radius 2 is 0.947 bits per heavy atom. The normalized spacial score (nSPS) is 15.0. The number of nitrogens with zero attached hydrogens (tertiary/aromatic N) is 3. The third kappa shape index (κ3) is 7.37. The molecule has 5 nitrogen and oxygen atoms in total. The molecular weight excluding hydrogens is 914 g/mol. The summed E-state index contributed by atoms with van der Waals surface area (Å²) in [5.41, 5.74) is 22.4. The van der Waals surface area contributed by atoms with Crippen LogP contribution in [0.3, 0.4) is 0 Å². The quantitative estimate of drug-likeness (QED) is 0.148. The highest BCUT2D eigenvalue weighted by Gasteiger charge is 2.47. The van der Waals surface area contributed by atoms with Gasteiger partial charge < -0.3 is 24.1 Å². The minimum atomic E-state index is -0.250. The van der Waals surface area contributed by atoms with Crippen molar-refractivity contribution < 1.29 is 9.47 Å². The Bertz CT molecular complexity index is 3820. The average Bonchev–Trinajstić information content (AvgIpc) is 3.52. The lowest BCUT2D eigenvalue weighted by Crippen LogP contribution is -2.61. The van der Waals surface area contributed by atoms with Crippen molar-refractivity contribution in [3.63, 3.8) is 0 Å². The zero-order valence-corrected chi connectivity index (χ0v) is 43.0. The van der Waals surface area contributed by atoms with Crippen LogP contribution >= 0.6 is 0 Å². The van der Waals surface area contributed by atoms with Crippen molar-refractivity contribution in [2.45, 2.75) is 58.3 Å². The van der Waals surface area contributed by atoms with Crippen LogP contribution in [0.5, 0.6) is 23.0 Å². The number of anilines is 8. The van der Waals surface area contributed by atoms with Crippen LogP contribution in [-0.2, 0) is 10.8 Å². The Morgan fingerprint density at radius 3 is 1.56 bits per heavy atom. The van der Waals surface area contributed by atoms with Crippen LogP contribution in [0.25, 0.3) is 33.4 Å². The van der Waals surface area contributed by atoms with E-state index in [-0.39, 0.29) is 17.7 Å². The summed E-state index contributed by atoms with van der Waals surface area (Å²) in [5, 5.41) is 0. The second-order valence-corrected chi connectivity index (χ2v) is 22.0. The van der Waals surface area contributed by atoms with Gasteiger partial charge in [0, 0.05) is 57.1 Å². The van der Waals surface area contributed by atoms with Crippen molar-refractivity contribution in [3.8, 4) is 56.4 Å². The Kier molecular flexibility index (Phi) is 10.3. The van der Waals surface area contributed by atoms with E-state index in [1.54, 1.807) is 0 Å². The standard InChI is InChI=1S/C69H56BN3O2/c1-45-38-56-57(69(4,5)37-36-68(56,2)3)43-59(45)72-61-41-53(71(50-24-14-8-15-25-50)51-26-16-9-17-27-51)34-35-58(61)70-67-55(39-49(40-62(67)72)47-22-12-7-13-23-47)54-42-65-66(75-64-29-19-18-28-63(64)74-65)44-60(54)73(70)52-32-30-48(31-33-52)46-20-10-6-11-21-46/h6-35,38-44H,36-37H2,1-5H3. The molecule has 10 aromatic carbocycles. The van der Waals surface area contributed by atoms with Crippen molar-refractivity contribution in [2.24, 2.45) is 0 Å². The van der Waals surface area contributed by atoms with Crippen LogP contribution in [0.2, 0.25) is 0 Å². The molecule has 0 saturated heterocycles. The van der Waals surface area contributed by atoms with Gasteiger partial charge in [-0.15, -0.1) is 0 Å². The predicted molar refractivity (Wildman–Crippen MR) is 312 cm³/mol. The maximum Gasteiger partial charge on any atom is 0.333 e. The topological polar surface area (TPSA) is 28.2 Å². The number of rotatable bonds is 7. The summed E-state index contributed by atoms with van der Waals surface area (Å²) in [6.45, 7) is 11.8. The first-order valence-corrected chi connectivity index (χ1v) is 26.4. The minimum absolute atomic E-state index is 0.0134. The van der Waals surface area contributed by atoms with E-state index in [4.69, 9.17) is 9.47 Å². The summed E-state index contributed by atoms with van der Waals surface area (Å²) in [5.74, 6) is 2.79. The number of hydrogen-bond donors (Lipinski definition) is 0. The number of fused-ring (bicyclic) bond motifs is 7. The Morgan fingerprint density at radius 1 is 0.413 bits per heavy atom. The second kappa shape index (κ2) is 17.2. The fourth-order valence-electron chi connectivity index (χ4n) is 12.4. The van der Waals surface area contributed by atoms with Crippen molar-refractivity contribution in [3.05, 3.63) is 241 Å². The molecule has 0 unspecified atom stereocenters. The van der Waals surface area contributed by atoms with E-state index in [0.29, 0.717) is 23.0 Å². The molecule has 1 aliphatic carbocycles. The van der Waals surface area contributed by atoms with Crippen LogP contribution in [0.15, 0.2) is 224 Å². The third-order valence-corrected chi connectivity index (χ3v) is 16.4. The van der Waals surface area contributed by atoms with Gasteiger partial charge in [-0.05, 0) is 171 Å². The zero-order chi connectivity index (χ0) is 50.6. The highest BCUT2D eigenvalue weighted by Crippen LogP contribution is 2.56. The largest absolute Gasteiger partial charge is 0.449 e. The van der Waals surface area contributed by atoms with Crippen molar-refractivity contribution in [2.75, 3.05) is 14.6 Å². The van der Waals surface area contributed by atoms with E-state index in [1.807, 2.05) is 24.3 Å². The summed E-state index contributed by atoms with van der Waals surface area (Å²) in [7, 11) is 0. The Balaban J connectivity index is 1.09. The van der Waals surface area contributed by atoms with Gasteiger partial charge in [0.05, 0.1) is 0 Å². The maximum absolute atomic E-state index is 6.79. The molecule has 0 spiro atoms. The third-order valence-electron chi connectivity index (χ3n) is 16.4. The molecule has 0 aromatic heterocycles. The molecular formula is C69H56BN3O2. The van der Waals surface area contributed by atoms with Crippen molar-refractivity contribution in [1.29, 1.82) is 0 Å². The molecule has 0 fully saturated rings. The molecule has 0 radical (unpaired) electrons. The van der Waals surface area contributed by atoms with Gasteiger partial charge in [-0.1, -0.05) is 161 Å². The SMILES string of the molecule is Cc1cc2c(cc1N1c3cc(N(c4ccccc4)c4ccccc4)ccc3B3c4c(cc(-c5ccccc5)cc41)-c1cc4c(cc1N3c1ccc(-c3ccccc3)cc1)Oc1ccccc1O4)C(C)(C)CCC2(C)C. The molecule has 10 aromatic rings. The minimum Gasteiger partial charge on any atom is -0.449 e. The molecule has 0 atom stereocenters. The molecule has 3 heterocycles. The first-order valence-electron chi connectivity index (χ1n) is 26.4. The molecule has 14 rings (SSSR count). The van der Waals surface area contributed by atoms with Gasteiger partial charge in [0.2, 0.25) is 0 Å². The van der Waals surface area contributed by atoms with E-state index in [1.165, 1.54) is 50.0 Å². The number of benzene rings is 10. The molecule has 0 saturated carbocycles. The van der Waals surface area contributed by atoms with Gasteiger partial charge in [0.25, 0.3) is 0 Å². The summed E-state index contributed by atoms with van der Waals surface area (Å²) in [6, 6.07) is 81.8. The van der Waals surface area contributed by atoms with Gasteiger partial charge in [0.15, 0.2) is 23.0 Å². The van der Waals surface area contributed by atoms with Gasteiger partial charge in [-0.2, -0.15) is 0 Å². The molecule has 3 aliphatic heterocycles. The maximum atomic E-state index is 6.79. The lowest BCUT2D eigenvalue weighted by Gasteiger charge is -2.47. The van der Waals surface area contributed by atoms with E-state index in [9.17, 15) is 0 Å². The van der Waals surface area contributed by atoms with Gasteiger partial charge in [0.1, 0.15) is 0 Å². The first kappa shape index (κ1) is 44.9. The number of hydrogen-bond acceptors (Lipinski definition) is 5. The van der Waals surface area contributed by atoms with Gasteiger partial charge in [-0.25, -0.2) is 0 Å². The summed E-state index contributed by atoms with van der Waals surface area (Å²) < 4.78 is 13.6. The number of ether oxygens (including phenoxy) is 2. The Labute approximate surface area is 441 Å². The van der Waals surface area contributed by atoms with E-state index in [2.05, 4.69) is 249 Å². The molecule has 6 heteroatoms. The predicted octanol–water partition coefficient (Wildman–Crippen LogP) is 17.8. The summed E-state index contributed by atoms with van der Waals surface area (Å²) >= 11 is 0. The summed E-state index contributed by atoms with van der Waals surface area (Å²) in [4.78, 5) is 7.58. The van der Waals surface area contributed by atoms with Crippen molar-refractivity contribution in [1.82, 2.24) is 0 Å². The average molecular weight is 970 g/mol. The molecule has 0 amide bonds. The molecule has 362 valence electrons.